The Morgan fingerprint density at radius 3 is 1.45 bits per heavy atom. The zero-order chi connectivity index (χ0) is 72.8. The smallest absolute Gasteiger partial charge is 0.332 e. The van der Waals surface area contributed by atoms with E-state index < -0.39 is 36.2 Å². The summed E-state index contributed by atoms with van der Waals surface area (Å²) in [6, 6.07) is 25.3. The number of nitrogens with one attached hydrogen (secondary N) is 3. The Balaban J connectivity index is 0. The van der Waals surface area contributed by atoms with Crippen LogP contribution in [0.5, 0.6) is 11.5 Å². The molecule has 0 spiro atoms. The van der Waals surface area contributed by atoms with Gasteiger partial charge in [0.15, 0.2) is 18.0 Å². The van der Waals surface area contributed by atoms with Crippen LogP contribution in [0.2, 0.25) is 0 Å². The predicted octanol–water partition coefficient (Wildman–Crippen LogP) is 14.0. The number of Topliss-reactive ketones (excluding diaryl/α,β-unsaturated/α-hetero) is 1. The van der Waals surface area contributed by atoms with E-state index in [0.717, 1.165) is 91.8 Å². The molecule has 5 rings (SSSR count). The number of carbonyl (C=O) groups excluding carboxylic acids is 3. The zero-order valence-electron chi connectivity index (χ0n) is 61.9. The number of urea groups is 1. The molecule has 0 radical (unpaired) electrons. The van der Waals surface area contributed by atoms with Gasteiger partial charge < -0.3 is 60.5 Å². The van der Waals surface area contributed by atoms with Crippen LogP contribution in [0.3, 0.4) is 0 Å². The molecule has 2 unspecified atom stereocenters. The molecule has 18 nitrogen and oxygen atoms in total. The monoisotopic (exact) mass is 1340 g/mol. The Labute approximate surface area is 571 Å². The van der Waals surface area contributed by atoms with Crippen molar-refractivity contribution in [1.82, 2.24) is 16.0 Å². The first kappa shape index (κ1) is 90.3. The minimum Gasteiger partial charge on any atom is -0.497 e. The van der Waals surface area contributed by atoms with Crippen LogP contribution >= 0.6 is 11.8 Å². The summed E-state index contributed by atoms with van der Waals surface area (Å²) in [6.07, 6.45) is 9.42. The molecule has 0 aliphatic carbocycles. The summed E-state index contributed by atoms with van der Waals surface area (Å²) in [7, 11) is 8.39. The fourth-order valence-corrected chi connectivity index (χ4v) is 10.8. The lowest BCUT2D eigenvalue weighted by atomic mass is 9.88. The quantitative estimate of drug-likeness (QED) is 0.0156. The summed E-state index contributed by atoms with van der Waals surface area (Å²) in [5, 5.41) is 58.9. The highest BCUT2D eigenvalue weighted by molar-refractivity contribution is 8.00. The van der Waals surface area contributed by atoms with Gasteiger partial charge in [0.25, 0.3) is 0 Å². The Bertz CT molecular complexity index is 2580. The number of methoxy groups -OCH3 is 1. The first-order valence-electron chi connectivity index (χ1n) is 33.6. The van der Waals surface area contributed by atoms with Crippen LogP contribution < -0.4 is 25.4 Å². The molecular formula is C75H129N4O14S+. The SMILES string of the molecule is CC(=O)c1ccc(CC(C)(C)C)cc1.CC(C)(C)CCCCNC(=O)CCCC[C@@H]1SCC2NC(=O)NC21.CC(C)(C)Cc1ccc(OCCCC[N+](C)(C)C)cc1.CC(C)C[C@H](O)C(=O)O.CC(C)[C@H](O)C(=O)O.COc1ccc(CC(C)(C)C)cc1.C[C@H](O)C(=O)O. The summed E-state index contributed by atoms with van der Waals surface area (Å²) in [5.41, 5.74) is 6.23. The lowest BCUT2D eigenvalue weighted by Crippen LogP contribution is -2.36. The second-order valence-electron chi connectivity index (χ2n) is 31.3. The molecule has 9 N–H and O–H groups in total. The van der Waals surface area contributed by atoms with Crippen LogP contribution in [0.1, 0.15) is 216 Å². The van der Waals surface area contributed by atoms with Crippen molar-refractivity contribution in [3.05, 3.63) is 95.1 Å². The van der Waals surface area contributed by atoms with Gasteiger partial charge in [-0.15, -0.1) is 0 Å². The van der Waals surface area contributed by atoms with Crippen molar-refractivity contribution in [3.8, 4) is 11.5 Å². The maximum absolute atomic E-state index is 11.8. The van der Waals surface area contributed by atoms with E-state index in [1.165, 1.54) is 49.4 Å². The van der Waals surface area contributed by atoms with Crippen LogP contribution in [0.25, 0.3) is 0 Å². The number of carboxylic acids is 3. The fraction of sp³-hybridized carbons (Fsp3) is 0.680. The lowest BCUT2D eigenvalue weighted by Gasteiger charge is -2.23. The van der Waals surface area contributed by atoms with E-state index in [1.54, 1.807) is 27.9 Å². The third-order valence-corrected chi connectivity index (χ3v) is 15.6. The van der Waals surface area contributed by atoms with Crippen LogP contribution in [-0.4, -0.2) is 160 Å². The number of aliphatic hydroxyl groups excluding tert-OH is 3. The van der Waals surface area contributed by atoms with Gasteiger partial charge in [-0.1, -0.05) is 172 Å². The third kappa shape index (κ3) is 50.7. The van der Waals surface area contributed by atoms with Gasteiger partial charge in [-0.3, -0.25) is 9.59 Å². The Hall–Kier alpha value is -5.73. The van der Waals surface area contributed by atoms with Gasteiger partial charge in [-0.2, -0.15) is 11.8 Å². The number of ketones is 1. The molecule has 3 amide bonds. The number of nitrogens with zero attached hydrogens (tertiary/aromatic N) is 1. The van der Waals surface area contributed by atoms with Crippen LogP contribution in [0, 0.1) is 33.5 Å². The van der Waals surface area contributed by atoms with Crippen molar-refractivity contribution in [2.75, 3.05) is 53.7 Å². The average Bonchev–Trinajstić information content (AvgIpc) is 1.66. The number of rotatable bonds is 26. The van der Waals surface area contributed by atoms with Crippen molar-refractivity contribution in [3.63, 3.8) is 0 Å². The van der Waals surface area contributed by atoms with Crippen molar-refractivity contribution in [2.24, 2.45) is 33.5 Å². The molecule has 0 saturated carbocycles. The van der Waals surface area contributed by atoms with Crippen molar-refractivity contribution >= 4 is 47.4 Å². The maximum atomic E-state index is 11.8. The normalized spacial score (nSPS) is 15.9. The first-order chi connectivity index (χ1) is 43.1. The number of thioether (sulfide) groups is 1. The van der Waals surface area contributed by atoms with E-state index in [2.05, 4.69) is 157 Å². The Morgan fingerprint density at radius 1 is 0.617 bits per heavy atom. The van der Waals surface area contributed by atoms with Crippen molar-refractivity contribution in [1.29, 1.82) is 0 Å². The number of fused-ring (bicyclic) bond motifs is 1. The molecule has 0 aromatic heterocycles. The number of unbranched alkanes of at least 4 members (excludes halogenated alkanes) is 3. The molecule has 0 bridgehead atoms. The molecule has 2 heterocycles. The summed E-state index contributed by atoms with van der Waals surface area (Å²) in [6.45, 7) is 39.6. The number of quaternary nitrogens is 1. The van der Waals surface area contributed by atoms with Crippen LogP contribution in [0.4, 0.5) is 4.79 Å². The molecule has 19 heteroatoms. The molecule has 2 aliphatic heterocycles. The molecule has 2 aliphatic rings. The summed E-state index contributed by atoms with van der Waals surface area (Å²) in [4.78, 5) is 63.5. The van der Waals surface area contributed by atoms with Crippen molar-refractivity contribution in [2.45, 2.75) is 244 Å². The highest BCUT2D eigenvalue weighted by Crippen LogP contribution is 2.33. The molecule has 3 aromatic carbocycles. The van der Waals surface area contributed by atoms with E-state index in [9.17, 15) is 28.8 Å². The molecule has 3 aromatic rings. The van der Waals surface area contributed by atoms with Gasteiger partial charge in [0, 0.05) is 29.5 Å². The number of ether oxygens (including phenoxy) is 2. The number of hydrogen-bond donors (Lipinski definition) is 9. The van der Waals surface area contributed by atoms with Crippen LogP contribution in [-0.2, 0) is 38.4 Å². The lowest BCUT2D eigenvalue weighted by molar-refractivity contribution is -0.870. The number of aliphatic carboxylic acids is 3. The van der Waals surface area contributed by atoms with Gasteiger partial charge in [0.1, 0.15) is 17.6 Å². The number of hydrogen-bond acceptors (Lipinski definition) is 12. The van der Waals surface area contributed by atoms with Crippen LogP contribution in [0.15, 0.2) is 72.8 Å². The minimum atomic E-state index is -1.23. The van der Waals surface area contributed by atoms with E-state index in [-0.39, 0.29) is 35.6 Å². The summed E-state index contributed by atoms with van der Waals surface area (Å²) in [5.74, 6) is -0.206. The summed E-state index contributed by atoms with van der Waals surface area (Å²) < 4.78 is 11.9. The topological polar surface area (TPSA) is 278 Å². The second kappa shape index (κ2) is 45.7. The highest BCUT2D eigenvalue weighted by Gasteiger charge is 2.42. The second-order valence-corrected chi connectivity index (χ2v) is 32.6. The molecular weight excluding hydrogens is 1210 g/mol. The number of benzene rings is 3. The Kier molecular flexibility index (Phi) is 43.9. The van der Waals surface area contributed by atoms with Gasteiger partial charge >= 0.3 is 23.9 Å². The van der Waals surface area contributed by atoms with E-state index in [4.69, 9.17) is 40.1 Å². The first-order valence-corrected chi connectivity index (χ1v) is 34.6. The minimum absolute atomic E-state index is 0.0267. The number of carbonyl (C=O) groups is 6. The predicted molar refractivity (Wildman–Crippen MR) is 384 cm³/mol. The summed E-state index contributed by atoms with van der Waals surface area (Å²) >= 11 is 1.94. The zero-order valence-corrected chi connectivity index (χ0v) is 62.7. The largest absolute Gasteiger partial charge is 0.497 e. The van der Waals surface area contributed by atoms with E-state index in [0.29, 0.717) is 45.8 Å². The molecule has 6 atom stereocenters. The van der Waals surface area contributed by atoms with E-state index >= 15 is 0 Å². The number of aliphatic hydroxyl groups is 3. The van der Waals surface area contributed by atoms with Gasteiger partial charge in [-0.25, -0.2) is 19.2 Å². The standard InChI is InChI=1S/C18H33N3O2S.C18H32NO.C13H18O.C12H18O.C6H12O3.C5H10O3.C3H6O3/c1-18(2,3)10-6-7-11-19-15(22)9-5-4-8-14-16-13(12-24-14)20-17(23)21-16;1-18(2,3)15-16-9-11-17(12-10-16)20-14-8-7-13-19(4,5)6;1-10(14)12-7-5-11(6-8-12)9-13(2,3)4;1-12(2,3)9-10-5-7-11(13-4)8-6-10;1-4(2)3-5(7)6(8)9;1-3(2)4(6)5(7)8;1-2(4)3(5)6/h13-14,16H,4-12H2,1-3H3,(H,19,22)(H2,20,21,23);9-12H,7-8,13-15H2,1-6H3;5-8H,9H2,1-4H3;5-8H,9H2,1-4H3;4-5,7H,3H2,1-2H3,(H,8,9);3-4,6H,1-2H3,(H,7,8);2,4H,1H3,(H,5,6)/q;+1;;;;;/t13?,14-,16?;;;;5-;4-;2-/m0...000/s1. The van der Waals surface area contributed by atoms with Gasteiger partial charge in [0.05, 0.1) is 53.5 Å². The molecule has 2 saturated heterocycles. The third-order valence-electron chi connectivity index (χ3n) is 14.1. The number of amides is 3. The maximum Gasteiger partial charge on any atom is 0.332 e. The molecule has 94 heavy (non-hydrogen) atoms. The average molecular weight is 1340 g/mol. The number of carboxylic acid groups (broad SMARTS) is 3. The molecule has 538 valence electrons. The van der Waals surface area contributed by atoms with Gasteiger partial charge in [-0.05, 0) is 153 Å². The Morgan fingerprint density at radius 2 is 1.09 bits per heavy atom. The van der Waals surface area contributed by atoms with Gasteiger partial charge in [0.2, 0.25) is 5.91 Å². The highest BCUT2D eigenvalue weighted by atomic mass is 32.2. The van der Waals surface area contributed by atoms with Crippen molar-refractivity contribution < 1.29 is 73.4 Å². The molecule has 2 fully saturated rings. The fourth-order valence-electron chi connectivity index (χ4n) is 9.22. The van der Waals surface area contributed by atoms with E-state index in [1.807, 2.05) is 62.0 Å².